The van der Waals surface area contributed by atoms with Gasteiger partial charge in [0.15, 0.2) is 0 Å². The minimum Gasteiger partial charge on any atom is -0.494 e. The predicted molar refractivity (Wildman–Crippen MR) is 102 cm³/mol. The van der Waals surface area contributed by atoms with Crippen LogP contribution in [0.1, 0.15) is 31.4 Å². The zero-order valence-electron chi connectivity index (χ0n) is 16.2. The molecule has 2 rings (SSSR count). The Hall–Kier alpha value is -2.90. The van der Waals surface area contributed by atoms with Gasteiger partial charge in [-0.15, -0.1) is 0 Å². The fraction of sp³-hybridized carbons (Fsp3) is 0.333. The third-order valence-electron chi connectivity index (χ3n) is 4.19. The Morgan fingerprint density at radius 1 is 0.964 bits per heavy atom. The lowest BCUT2D eigenvalue weighted by Crippen LogP contribution is -2.37. The van der Waals surface area contributed by atoms with Crippen LogP contribution in [-0.2, 0) is 15.2 Å². The maximum absolute atomic E-state index is 12.4. The number of hydrogen-bond donors (Lipinski definition) is 2. The van der Waals surface area contributed by atoms with Gasteiger partial charge in [-0.3, -0.25) is 14.8 Å². The summed E-state index contributed by atoms with van der Waals surface area (Å²) in [5.41, 5.74) is -1.05. The number of hydroxylamine groups is 2. The number of amides is 1. The Morgan fingerprint density at radius 3 is 1.82 bits per heavy atom. The van der Waals surface area contributed by atoms with E-state index in [2.05, 4.69) is 0 Å². The molecule has 0 heterocycles. The summed E-state index contributed by atoms with van der Waals surface area (Å²) < 4.78 is 11.0. The van der Waals surface area contributed by atoms with E-state index < -0.39 is 23.7 Å². The Labute approximate surface area is 164 Å². The summed E-state index contributed by atoms with van der Waals surface area (Å²) in [6.45, 7) is 4.55. The number of aliphatic hydroxyl groups is 1. The summed E-state index contributed by atoms with van der Waals surface area (Å²) in [4.78, 5) is 24.3. The van der Waals surface area contributed by atoms with E-state index in [4.69, 9.17) is 9.47 Å². The molecule has 0 saturated heterocycles. The second-order valence-electron chi connectivity index (χ2n) is 6.21. The van der Waals surface area contributed by atoms with Crippen molar-refractivity contribution in [1.82, 2.24) is 5.06 Å². The zero-order chi connectivity index (χ0) is 20.7. The third-order valence-corrected chi connectivity index (χ3v) is 4.19. The van der Waals surface area contributed by atoms with Crippen molar-refractivity contribution in [2.75, 3.05) is 20.3 Å². The number of nitrogens with zero attached hydrogens (tertiary/aromatic N) is 1. The van der Waals surface area contributed by atoms with E-state index in [1.165, 1.54) is 0 Å². The second-order valence-corrected chi connectivity index (χ2v) is 6.21. The van der Waals surface area contributed by atoms with E-state index in [0.29, 0.717) is 35.8 Å². The lowest BCUT2D eigenvalue weighted by atomic mass is 9.82. The SMILES string of the molecule is CCOc1cccc(C(O)(CC(=O)C(=O)N(C)O)c2cccc(OCC)c2)c1. The summed E-state index contributed by atoms with van der Waals surface area (Å²) >= 11 is 0. The van der Waals surface area contributed by atoms with Gasteiger partial charge >= 0.3 is 5.91 Å². The van der Waals surface area contributed by atoms with Crippen molar-refractivity contribution < 1.29 is 29.4 Å². The van der Waals surface area contributed by atoms with Gasteiger partial charge in [0, 0.05) is 7.05 Å². The van der Waals surface area contributed by atoms with Gasteiger partial charge in [0.1, 0.15) is 17.1 Å². The van der Waals surface area contributed by atoms with Crippen molar-refractivity contribution in [3.05, 3.63) is 59.7 Å². The first-order valence-electron chi connectivity index (χ1n) is 9.00. The van der Waals surface area contributed by atoms with Crippen molar-refractivity contribution in [3.8, 4) is 11.5 Å². The highest BCUT2D eigenvalue weighted by Gasteiger charge is 2.37. The average molecular weight is 387 g/mol. The first kappa shape index (κ1) is 21.4. The summed E-state index contributed by atoms with van der Waals surface area (Å²) in [6, 6.07) is 13.4. The van der Waals surface area contributed by atoms with Gasteiger partial charge in [0.2, 0.25) is 5.78 Å². The molecule has 7 nitrogen and oxygen atoms in total. The van der Waals surface area contributed by atoms with Crippen LogP contribution in [0.4, 0.5) is 0 Å². The highest BCUT2D eigenvalue weighted by molar-refractivity contribution is 6.35. The van der Waals surface area contributed by atoms with Crippen LogP contribution in [0, 0.1) is 0 Å². The maximum Gasteiger partial charge on any atom is 0.313 e. The molecule has 28 heavy (non-hydrogen) atoms. The third kappa shape index (κ3) is 4.88. The Kier molecular flexibility index (Phi) is 7.14. The van der Waals surface area contributed by atoms with Crippen LogP contribution in [0.3, 0.4) is 0 Å². The van der Waals surface area contributed by atoms with Crippen LogP contribution in [0.15, 0.2) is 48.5 Å². The molecule has 0 bridgehead atoms. The zero-order valence-corrected chi connectivity index (χ0v) is 16.2. The van der Waals surface area contributed by atoms with E-state index in [1.54, 1.807) is 48.5 Å². The number of ketones is 1. The van der Waals surface area contributed by atoms with Gasteiger partial charge in [-0.25, -0.2) is 5.06 Å². The molecule has 0 radical (unpaired) electrons. The first-order chi connectivity index (χ1) is 13.3. The predicted octanol–water partition coefficient (Wildman–Crippen LogP) is 2.53. The molecule has 150 valence electrons. The van der Waals surface area contributed by atoms with Crippen molar-refractivity contribution in [3.63, 3.8) is 0 Å². The molecule has 0 saturated carbocycles. The highest BCUT2D eigenvalue weighted by atomic mass is 16.5. The normalized spacial score (nSPS) is 11.0. The van der Waals surface area contributed by atoms with Crippen LogP contribution < -0.4 is 9.47 Å². The van der Waals surface area contributed by atoms with Crippen LogP contribution in [0.2, 0.25) is 0 Å². The lowest BCUT2D eigenvalue weighted by molar-refractivity contribution is -0.166. The van der Waals surface area contributed by atoms with Crippen LogP contribution in [-0.4, -0.2) is 47.3 Å². The van der Waals surface area contributed by atoms with Crippen LogP contribution in [0.25, 0.3) is 0 Å². The van der Waals surface area contributed by atoms with E-state index in [9.17, 15) is 19.9 Å². The monoisotopic (exact) mass is 387 g/mol. The Morgan fingerprint density at radius 2 is 1.43 bits per heavy atom. The molecule has 0 aliphatic heterocycles. The molecule has 2 aromatic carbocycles. The number of likely N-dealkylation sites (N-methyl/N-ethyl adjacent to an activating group) is 1. The molecular formula is C21H25NO6. The van der Waals surface area contributed by atoms with Crippen LogP contribution in [0.5, 0.6) is 11.5 Å². The summed E-state index contributed by atoms with van der Waals surface area (Å²) in [7, 11) is 1.06. The Bertz CT molecular complexity index is 784. The minimum atomic E-state index is -1.82. The number of hydrogen-bond acceptors (Lipinski definition) is 6. The Balaban J connectivity index is 2.54. The molecule has 2 N–H and O–H groups in total. The van der Waals surface area contributed by atoms with Crippen molar-refractivity contribution in [2.45, 2.75) is 25.9 Å². The molecule has 7 heteroatoms. The molecule has 1 amide bonds. The van der Waals surface area contributed by atoms with Crippen molar-refractivity contribution >= 4 is 11.7 Å². The lowest BCUT2D eigenvalue weighted by Gasteiger charge is -2.29. The minimum absolute atomic E-state index is 0.204. The summed E-state index contributed by atoms with van der Waals surface area (Å²) in [6.07, 6.45) is -0.554. The van der Waals surface area contributed by atoms with Gasteiger partial charge in [0.25, 0.3) is 0 Å². The molecule has 0 aliphatic rings. The number of benzene rings is 2. The van der Waals surface area contributed by atoms with Crippen LogP contribution >= 0.6 is 0 Å². The van der Waals surface area contributed by atoms with E-state index in [1.807, 2.05) is 13.8 Å². The van der Waals surface area contributed by atoms with E-state index in [0.717, 1.165) is 7.05 Å². The van der Waals surface area contributed by atoms with Crippen molar-refractivity contribution in [2.24, 2.45) is 0 Å². The fourth-order valence-corrected chi connectivity index (χ4v) is 2.88. The molecule has 0 aliphatic carbocycles. The molecule has 0 aromatic heterocycles. The maximum atomic E-state index is 12.4. The summed E-state index contributed by atoms with van der Waals surface area (Å²) in [5.74, 6) is -0.994. The largest absolute Gasteiger partial charge is 0.494 e. The summed E-state index contributed by atoms with van der Waals surface area (Å²) in [5, 5.41) is 21.1. The van der Waals surface area contributed by atoms with Gasteiger partial charge in [-0.1, -0.05) is 24.3 Å². The van der Waals surface area contributed by atoms with E-state index >= 15 is 0 Å². The molecular weight excluding hydrogens is 362 g/mol. The number of rotatable bonds is 9. The topological polar surface area (TPSA) is 96.3 Å². The van der Waals surface area contributed by atoms with Gasteiger partial charge in [-0.2, -0.15) is 0 Å². The molecule has 0 unspecified atom stereocenters. The van der Waals surface area contributed by atoms with Crippen molar-refractivity contribution in [1.29, 1.82) is 0 Å². The van der Waals surface area contributed by atoms with Gasteiger partial charge in [0.05, 0.1) is 19.6 Å². The first-order valence-corrected chi connectivity index (χ1v) is 9.00. The second kappa shape index (κ2) is 9.34. The standard InChI is InChI=1S/C21H25NO6/c1-4-27-17-10-6-8-15(12-17)21(25,14-19(23)20(24)22(3)26)16-9-7-11-18(13-16)28-5-2/h6-13,25-26H,4-5,14H2,1-3H3. The van der Waals surface area contributed by atoms with Gasteiger partial charge in [-0.05, 0) is 49.2 Å². The molecule has 0 fully saturated rings. The molecule has 2 aromatic rings. The fourth-order valence-electron chi connectivity index (χ4n) is 2.88. The smallest absolute Gasteiger partial charge is 0.313 e. The average Bonchev–Trinajstić information content (AvgIpc) is 2.68. The quantitative estimate of drug-likeness (QED) is 0.390. The van der Waals surface area contributed by atoms with E-state index in [-0.39, 0.29) is 5.06 Å². The molecule has 0 atom stereocenters. The van der Waals surface area contributed by atoms with Gasteiger partial charge < -0.3 is 14.6 Å². The number of ether oxygens (including phenoxy) is 2. The molecule has 0 spiro atoms. The number of carbonyl (C=O) groups is 2. The number of carbonyl (C=O) groups excluding carboxylic acids is 2. The highest BCUT2D eigenvalue weighted by Crippen LogP contribution is 2.36. The number of Topliss-reactive ketones (excluding diaryl/α,β-unsaturated/α-hetero) is 1.